The molecule has 0 aromatic carbocycles. The van der Waals surface area contributed by atoms with E-state index in [-0.39, 0.29) is 11.5 Å². The van der Waals surface area contributed by atoms with Gasteiger partial charge in [0, 0.05) is 25.2 Å². The van der Waals surface area contributed by atoms with Gasteiger partial charge in [0.25, 0.3) is 11.5 Å². The average molecular weight is 278 g/mol. The number of piperidine rings is 1. The second-order valence-corrected chi connectivity index (χ2v) is 5.63. The monoisotopic (exact) mass is 278 g/mol. The summed E-state index contributed by atoms with van der Waals surface area (Å²) in [7, 11) is 0. The Bertz CT molecular complexity index is 492. The van der Waals surface area contributed by atoms with E-state index < -0.39 is 0 Å². The van der Waals surface area contributed by atoms with Crippen molar-refractivity contribution in [2.75, 3.05) is 19.6 Å². The zero-order valence-electron chi connectivity index (χ0n) is 12.1. The van der Waals surface area contributed by atoms with E-state index in [0.717, 1.165) is 32.5 Å². The van der Waals surface area contributed by atoms with E-state index >= 15 is 0 Å². The molecule has 1 aliphatic heterocycles. The number of nitrogens with one attached hydrogen (secondary N) is 2. The smallest absolute Gasteiger partial charge is 0.274 e. The molecule has 1 atom stereocenters. The summed E-state index contributed by atoms with van der Waals surface area (Å²) in [6, 6.07) is 3.28. The first kappa shape index (κ1) is 14.7. The molecule has 1 aromatic heterocycles. The highest BCUT2D eigenvalue weighted by molar-refractivity contribution is 5.92. The molecule has 2 heterocycles. The molecule has 1 unspecified atom stereocenters. The van der Waals surface area contributed by atoms with Gasteiger partial charge in [0.15, 0.2) is 0 Å². The fourth-order valence-electron chi connectivity index (χ4n) is 2.44. The van der Waals surface area contributed by atoms with Crippen molar-refractivity contribution in [3.63, 3.8) is 0 Å². The number of likely N-dealkylation sites (tertiary alicyclic amines) is 1. The van der Waals surface area contributed by atoms with Crippen LogP contribution in [0.15, 0.2) is 16.9 Å². The quantitative estimate of drug-likeness (QED) is 0.846. The van der Waals surface area contributed by atoms with Crippen LogP contribution in [0.5, 0.6) is 0 Å². The normalized spacial score (nSPS) is 19.4. The van der Waals surface area contributed by atoms with Crippen molar-refractivity contribution in [2.24, 2.45) is 5.92 Å². The molecule has 2 N–H and O–H groups in total. The summed E-state index contributed by atoms with van der Waals surface area (Å²) in [5, 5.41) is 9.53. The van der Waals surface area contributed by atoms with Crippen molar-refractivity contribution < 1.29 is 4.79 Å². The van der Waals surface area contributed by atoms with Crippen LogP contribution in [0, 0.1) is 5.92 Å². The van der Waals surface area contributed by atoms with Crippen molar-refractivity contribution in [3.05, 3.63) is 28.2 Å². The number of aromatic amines is 1. The Hall–Kier alpha value is -1.69. The first-order chi connectivity index (χ1) is 9.56. The molecule has 1 aliphatic rings. The van der Waals surface area contributed by atoms with Crippen LogP contribution in [0.1, 0.15) is 37.2 Å². The molecule has 1 amide bonds. The Labute approximate surface area is 118 Å². The van der Waals surface area contributed by atoms with Crippen LogP contribution in [0.2, 0.25) is 0 Å². The van der Waals surface area contributed by atoms with Gasteiger partial charge in [0.05, 0.1) is 0 Å². The lowest BCUT2D eigenvalue weighted by molar-refractivity contribution is 0.0665. The molecule has 0 bridgehead atoms. The van der Waals surface area contributed by atoms with Gasteiger partial charge < -0.3 is 10.2 Å². The lowest BCUT2D eigenvalue weighted by Crippen LogP contribution is -2.44. The van der Waals surface area contributed by atoms with Crippen LogP contribution >= 0.6 is 0 Å². The van der Waals surface area contributed by atoms with E-state index in [0.29, 0.717) is 17.7 Å². The van der Waals surface area contributed by atoms with Gasteiger partial charge in [-0.2, -0.15) is 5.10 Å². The summed E-state index contributed by atoms with van der Waals surface area (Å²) in [6.07, 6.45) is 2.15. The van der Waals surface area contributed by atoms with E-state index in [1.807, 2.05) is 4.90 Å². The van der Waals surface area contributed by atoms with Crippen LogP contribution in [0.25, 0.3) is 0 Å². The maximum absolute atomic E-state index is 12.3. The maximum Gasteiger partial charge on any atom is 0.274 e. The molecule has 0 saturated carbocycles. The first-order valence-electron chi connectivity index (χ1n) is 7.14. The summed E-state index contributed by atoms with van der Waals surface area (Å²) >= 11 is 0. The van der Waals surface area contributed by atoms with E-state index in [1.165, 1.54) is 12.1 Å². The number of aromatic nitrogens is 2. The third-order valence-corrected chi connectivity index (χ3v) is 3.52. The molecule has 110 valence electrons. The zero-order valence-corrected chi connectivity index (χ0v) is 12.1. The Morgan fingerprint density at radius 1 is 1.55 bits per heavy atom. The molecule has 6 nitrogen and oxygen atoms in total. The van der Waals surface area contributed by atoms with Gasteiger partial charge in [0.2, 0.25) is 0 Å². The summed E-state index contributed by atoms with van der Waals surface area (Å²) in [5.41, 5.74) is 0.0151. The van der Waals surface area contributed by atoms with Crippen LogP contribution in [0.3, 0.4) is 0 Å². The molecular formula is C14H22N4O2. The number of H-pyrrole nitrogens is 1. The van der Waals surface area contributed by atoms with Crippen molar-refractivity contribution in [2.45, 2.75) is 32.7 Å². The molecule has 0 aliphatic carbocycles. The van der Waals surface area contributed by atoms with Gasteiger partial charge in [-0.25, -0.2) is 5.10 Å². The highest BCUT2D eigenvalue weighted by atomic mass is 16.2. The van der Waals surface area contributed by atoms with Gasteiger partial charge in [-0.15, -0.1) is 0 Å². The highest BCUT2D eigenvalue weighted by Gasteiger charge is 2.25. The predicted molar refractivity (Wildman–Crippen MR) is 76.6 cm³/mol. The van der Waals surface area contributed by atoms with E-state index in [9.17, 15) is 9.59 Å². The lowest BCUT2D eigenvalue weighted by Gasteiger charge is -2.33. The number of hydrogen-bond donors (Lipinski definition) is 2. The van der Waals surface area contributed by atoms with E-state index in [4.69, 9.17) is 0 Å². The van der Waals surface area contributed by atoms with Crippen molar-refractivity contribution in [1.29, 1.82) is 0 Å². The van der Waals surface area contributed by atoms with Crippen LogP contribution in [-0.2, 0) is 0 Å². The summed E-state index contributed by atoms with van der Waals surface area (Å²) in [5.74, 6) is 0.383. The molecule has 0 spiro atoms. The molecule has 0 radical (unpaired) electrons. The molecule has 1 saturated heterocycles. The standard InChI is InChI=1S/C14H22N4O2/c1-10(2)15-8-11-4-3-7-18(9-11)14(20)12-5-6-13(19)17-16-12/h5-6,10-11,15H,3-4,7-9H2,1-2H3,(H,17,19). The van der Waals surface area contributed by atoms with Crippen molar-refractivity contribution in [3.8, 4) is 0 Å². The topological polar surface area (TPSA) is 78.1 Å². The zero-order chi connectivity index (χ0) is 14.5. The number of carbonyl (C=O) groups excluding carboxylic acids is 1. The van der Waals surface area contributed by atoms with Gasteiger partial charge >= 0.3 is 0 Å². The number of hydrogen-bond acceptors (Lipinski definition) is 4. The predicted octanol–water partition coefficient (Wildman–Crippen LogP) is 0.620. The van der Waals surface area contributed by atoms with Crippen LogP contribution < -0.4 is 10.9 Å². The molecule has 2 rings (SSSR count). The van der Waals surface area contributed by atoms with Crippen molar-refractivity contribution >= 4 is 5.91 Å². The molecule has 20 heavy (non-hydrogen) atoms. The summed E-state index contributed by atoms with van der Waals surface area (Å²) in [6.45, 7) is 6.68. The Balaban J connectivity index is 1.96. The van der Waals surface area contributed by atoms with E-state index in [2.05, 4.69) is 29.4 Å². The van der Waals surface area contributed by atoms with Gasteiger partial charge in [-0.1, -0.05) is 13.8 Å². The van der Waals surface area contributed by atoms with Crippen LogP contribution in [0.4, 0.5) is 0 Å². The number of nitrogens with zero attached hydrogens (tertiary/aromatic N) is 2. The first-order valence-corrected chi connectivity index (χ1v) is 7.14. The lowest BCUT2D eigenvalue weighted by atomic mass is 9.97. The Morgan fingerprint density at radius 3 is 3.00 bits per heavy atom. The second kappa shape index (κ2) is 6.65. The number of rotatable bonds is 4. The van der Waals surface area contributed by atoms with Gasteiger partial charge in [0.1, 0.15) is 5.69 Å². The Kier molecular flexibility index (Phi) is 4.89. The highest BCUT2D eigenvalue weighted by Crippen LogP contribution is 2.17. The second-order valence-electron chi connectivity index (χ2n) is 5.63. The van der Waals surface area contributed by atoms with Gasteiger partial charge in [-0.05, 0) is 31.4 Å². The van der Waals surface area contributed by atoms with Crippen molar-refractivity contribution in [1.82, 2.24) is 20.4 Å². The third-order valence-electron chi connectivity index (χ3n) is 3.52. The summed E-state index contributed by atoms with van der Waals surface area (Å²) < 4.78 is 0. The Morgan fingerprint density at radius 2 is 2.35 bits per heavy atom. The van der Waals surface area contributed by atoms with Gasteiger partial charge in [-0.3, -0.25) is 9.59 Å². The van der Waals surface area contributed by atoms with Crippen LogP contribution in [-0.4, -0.2) is 46.7 Å². The third kappa shape index (κ3) is 3.90. The number of carbonyl (C=O) groups is 1. The largest absolute Gasteiger partial charge is 0.337 e. The fourth-order valence-corrected chi connectivity index (χ4v) is 2.44. The minimum absolute atomic E-state index is 0.101. The fraction of sp³-hybridized carbons (Fsp3) is 0.643. The van der Waals surface area contributed by atoms with E-state index in [1.54, 1.807) is 0 Å². The molecule has 1 aromatic rings. The summed E-state index contributed by atoms with van der Waals surface area (Å²) in [4.78, 5) is 25.1. The molecule has 1 fully saturated rings. The minimum Gasteiger partial charge on any atom is -0.337 e. The maximum atomic E-state index is 12.3. The molecule has 6 heteroatoms. The average Bonchev–Trinajstić information content (AvgIpc) is 2.45. The molecular weight excluding hydrogens is 256 g/mol. The number of amides is 1. The minimum atomic E-state index is -0.292. The SMILES string of the molecule is CC(C)NCC1CCCN(C(=O)c2ccc(=O)[nH]n2)C1.